The Bertz CT molecular complexity index is 1520. The van der Waals surface area contributed by atoms with Crippen LogP contribution in [-0.2, 0) is 15.8 Å². The summed E-state index contributed by atoms with van der Waals surface area (Å²) in [4.78, 5) is 31.9. The number of nitrogens with one attached hydrogen (secondary N) is 1. The van der Waals surface area contributed by atoms with Gasteiger partial charge in [0.1, 0.15) is 5.70 Å². The van der Waals surface area contributed by atoms with Crippen LogP contribution in [0.5, 0.6) is 11.5 Å². The van der Waals surface area contributed by atoms with Gasteiger partial charge in [-0.25, -0.2) is 4.99 Å². The molecule has 2 aliphatic heterocycles. The number of rotatable bonds is 5. The third-order valence-electron chi connectivity index (χ3n) is 5.72. The summed E-state index contributed by atoms with van der Waals surface area (Å²) in [6.45, 7) is 2.02. The van der Waals surface area contributed by atoms with E-state index in [4.69, 9.17) is 21.1 Å². The Morgan fingerprint density at radius 3 is 2.59 bits per heavy atom. The Balaban J connectivity index is 1.38. The first-order valence-corrected chi connectivity index (χ1v) is 12.9. The highest BCUT2D eigenvalue weighted by molar-refractivity contribution is 8.14. The van der Waals surface area contributed by atoms with E-state index in [1.54, 1.807) is 36.4 Å². The Morgan fingerprint density at radius 1 is 1.10 bits per heavy atom. The summed E-state index contributed by atoms with van der Waals surface area (Å²) in [6.07, 6.45) is -2.99. The SMILES string of the molecule is Cc1ccc(N2C(=O)/C(=C/c3ccc4c(c3)OCO4)N=C2SCC(=O)Nc2cc(C(F)(F)F)ccc2Cl)cc1. The molecule has 3 aromatic rings. The zero-order valence-electron chi connectivity index (χ0n) is 20.2. The number of benzene rings is 3. The normalized spacial score (nSPS) is 15.6. The smallest absolute Gasteiger partial charge is 0.416 e. The number of amidine groups is 1. The number of hydrogen-bond donors (Lipinski definition) is 1. The van der Waals surface area contributed by atoms with Gasteiger partial charge in [0, 0.05) is 0 Å². The van der Waals surface area contributed by atoms with E-state index in [1.165, 1.54) is 4.90 Å². The van der Waals surface area contributed by atoms with Crippen LogP contribution < -0.4 is 19.7 Å². The third-order valence-corrected chi connectivity index (χ3v) is 6.99. The first kappa shape index (κ1) is 26.6. The van der Waals surface area contributed by atoms with Crippen LogP contribution in [0.3, 0.4) is 0 Å². The second-order valence-electron chi connectivity index (χ2n) is 8.54. The molecule has 0 radical (unpaired) electrons. The lowest BCUT2D eigenvalue weighted by molar-refractivity contribution is -0.137. The predicted octanol–water partition coefficient (Wildman–Crippen LogP) is 6.51. The predicted molar refractivity (Wildman–Crippen MR) is 144 cm³/mol. The molecule has 0 saturated carbocycles. The summed E-state index contributed by atoms with van der Waals surface area (Å²) in [5.74, 6) is -0.108. The van der Waals surface area contributed by atoms with Crippen LogP contribution >= 0.6 is 23.4 Å². The highest BCUT2D eigenvalue weighted by atomic mass is 35.5. The monoisotopic (exact) mass is 573 g/mol. The Labute approximate surface area is 230 Å². The van der Waals surface area contributed by atoms with Crippen LogP contribution in [0.4, 0.5) is 24.5 Å². The lowest BCUT2D eigenvalue weighted by Crippen LogP contribution is -2.31. The first-order valence-electron chi connectivity index (χ1n) is 11.5. The van der Waals surface area contributed by atoms with Gasteiger partial charge in [-0.05, 0) is 61.0 Å². The summed E-state index contributed by atoms with van der Waals surface area (Å²) >= 11 is 6.96. The molecule has 0 saturated heterocycles. The van der Waals surface area contributed by atoms with E-state index in [9.17, 15) is 22.8 Å². The van der Waals surface area contributed by atoms with Gasteiger partial charge in [-0.3, -0.25) is 14.5 Å². The van der Waals surface area contributed by atoms with Crippen molar-refractivity contribution in [2.24, 2.45) is 4.99 Å². The number of nitrogens with zero attached hydrogens (tertiary/aromatic N) is 2. The molecule has 2 heterocycles. The molecular weight excluding hydrogens is 555 g/mol. The van der Waals surface area contributed by atoms with Crippen LogP contribution in [0, 0.1) is 6.92 Å². The maximum absolute atomic E-state index is 13.4. The molecule has 39 heavy (non-hydrogen) atoms. The number of alkyl halides is 3. The van der Waals surface area contributed by atoms with Crippen LogP contribution in [0.25, 0.3) is 6.08 Å². The maximum atomic E-state index is 13.4. The van der Waals surface area contributed by atoms with Gasteiger partial charge in [-0.15, -0.1) is 0 Å². The van der Waals surface area contributed by atoms with Crippen LogP contribution in [0.2, 0.25) is 5.02 Å². The molecule has 0 spiro atoms. The molecule has 1 N–H and O–H groups in total. The Hall–Kier alpha value is -3.96. The quantitative estimate of drug-likeness (QED) is 0.352. The van der Waals surface area contributed by atoms with Crippen molar-refractivity contribution in [3.05, 3.63) is 88.1 Å². The summed E-state index contributed by atoms with van der Waals surface area (Å²) in [6, 6.07) is 15.1. The second-order valence-corrected chi connectivity index (χ2v) is 9.89. The average molecular weight is 574 g/mol. The van der Waals surface area contributed by atoms with Crippen molar-refractivity contribution < 1.29 is 32.2 Å². The fourth-order valence-electron chi connectivity index (χ4n) is 3.79. The van der Waals surface area contributed by atoms with Crippen molar-refractivity contribution >= 4 is 57.8 Å². The van der Waals surface area contributed by atoms with Gasteiger partial charge in [0.05, 0.1) is 27.7 Å². The molecule has 7 nitrogen and oxygen atoms in total. The van der Waals surface area contributed by atoms with Crippen molar-refractivity contribution in [2.45, 2.75) is 13.1 Å². The van der Waals surface area contributed by atoms with E-state index in [2.05, 4.69) is 10.3 Å². The number of aliphatic imine (C=N–C) groups is 1. The van der Waals surface area contributed by atoms with Gasteiger partial charge >= 0.3 is 6.18 Å². The maximum Gasteiger partial charge on any atom is 0.416 e. The lowest BCUT2D eigenvalue weighted by Gasteiger charge is -2.18. The number of anilines is 2. The van der Waals surface area contributed by atoms with Crippen molar-refractivity contribution in [3.8, 4) is 11.5 Å². The van der Waals surface area contributed by atoms with Gasteiger partial charge < -0.3 is 14.8 Å². The largest absolute Gasteiger partial charge is 0.454 e. The number of halogens is 4. The molecule has 0 aliphatic carbocycles. The van der Waals surface area contributed by atoms with Gasteiger partial charge in [-0.2, -0.15) is 13.2 Å². The van der Waals surface area contributed by atoms with Crippen molar-refractivity contribution in [1.29, 1.82) is 0 Å². The number of aryl methyl sites for hydroxylation is 1. The van der Waals surface area contributed by atoms with E-state index in [1.807, 2.05) is 19.1 Å². The lowest BCUT2D eigenvalue weighted by atomic mass is 10.1. The van der Waals surface area contributed by atoms with Gasteiger partial charge in [0.2, 0.25) is 12.7 Å². The molecule has 0 bridgehead atoms. The summed E-state index contributed by atoms with van der Waals surface area (Å²) in [5.41, 5.74) is 1.23. The molecule has 200 valence electrons. The highest BCUT2D eigenvalue weighted by Gasteiger charge is 2.33. The number of ether oxygens (including phenoxy) is 2. The molecule has 2 aliphatic rings. The summed E-state index contributed by atoms with van der Waals surface area (Å²) in [5, 5.41) is 2.60. The third kappa shape index (κ3) is 5.89. The van der Waals surface area contributed by atoms with Gasteiger partial charge in [0.25, 0.3) is 5.91 Å². The van der Waals surface area contributed by atoms with Gasteiger partial charge in [0.15, 0.2) is 16.7 Å². The number of carbonyl (C=O) groups excluding carboxylic acids is 2. The first-order chi connectivity index (χ1) is 18.6. The molecule has 0 atom stereocenters. The molecular formula is C27H19ClF3N3O4S. The van der Waals surface area contributed by atoms with Crippen LogP contribution in [0.1, 0.15) is 16.7 Å². The topological polar surface area (TPSA) is 80.2 Å². The number of fused-ring (bicyclic) bond motifs is 1. The fourth-order valence-corrected chi connectivity index (χ4v) is 4.77. The zero-order chi connectivity index (χ0) is 27.7. The summed E-state index contributed by atoms with van der Waals surface area (Å²) < 4.78 is 50.0. The molecule has 12 heteroatoms. The second kappa shape index (κ2) is 10.7. The average Bonchev–Trinajstić information content (AvgIpc) is 3.48. The van der Waals surface area contributed by atoms with Crippen LogP contribution in [0.15, 0.2) is 71.4 Å². The molecule has 5 rings (SSSR count). The van der Waals surface area contributed by atoms with Crippen LogP contribution in [-0.4, -0.2) is 29.5 Å². The van der Waals surface area contributed by atoms with E-state index in [0.29, 0.717) is 22.7 Å². The van der Waals surface area contributed by atoms with E-state index < -0.39 is 23.6 Å². The van der Waals surface area contributed by atoms with E-state index >= 15 is 0 Å². The minimum absolute atomic E-state index is 0.0371. The zero-order valence-corrected chi connectivity index (χ0v) is 21.8. The number of amides is 2. The summed E-state index contributed by atoms with van der Waals surface area (Å²) in [7, 11) is 0. The van der Waals surface area contributed by atoms with Crippen molar-refractivity contribution in [1.82, 2.24) is 0 Å². The number of thioether (sulfide) groups is 1. The Kier molecular flexibility index (Phi) is 7.28. The minimum atomic E-state index is -4.59. The van der Waals surface area contributed by atoms with Crippen molar-refractivity contribution in [3.63, 3.8) is 0 Å². The van der Waals surface area contributed by atoms with E-state index in [0.717, 1.165) is 35.5 Å². The number of hydrogen-bond acceptors (Lipinski definition) is 6. The molecule has 2 amide bonds. The van der Waals surface area contributed by atoms with Gasteiger partial charge in [-0.1, -0.05) is 47.1 Å². The standard InChI is InChI=1S/C27H19ClF3N3O4S/c1-15-2-6-18(7-3-15)34-25(36)21(10-16-4-9-22-23(11-16)38-14-37-22)33-26(34)39-13-24(35)32-20-12-17(27(29,30)31)5-8-19(20)28/h2-12H,13-14H2,1H3,(H,32,35)/b21-10-. The molecule has 0 fully saturated rings. The molecule has 0 unspecified atom stereocenters. The van der Waals surface area contributed by atoms with E-state index in [-0.39, 0.29) is 34.1 Å². The Morgan fingerprint density at radius 2 is 1.85 bits per heavy atom. The molecule has 0 aromatic heterocycles. The van der Waals surface area contributed by atoms with Crippen molar-refractivity contribution in [2.75, 3.05) is 22.8 Å². The minimum Gasteiger partial charge on any atom is -0.454 e. The molecule has 3 aromatic carbocycles. The fraction of sp³-hybridized carbons (Fsp3) is 0.148. The highest BCUT2D eigenvalue weighted by Crippen LogP contribution is 2.36. The number of carbonyl (C=O) groups is 2.